The normalized spacial score (nSPS) is 12.4. The van der Waals surface area contributed by atoms with Crippen molar-refractivity contribution in [2.75, 3.05) is 0 Å². The van der Waals surface area contributed by atoms with Gasteiger partial charge in [0.25, 0.3) is 0 Å². The van der Waals surface area contributed by atoms with Crippen LogP contribution in [0.2, 0.25) is 0 Å². The van der Waals surface area contributed by atoms with E-state index in [1.807, 2.05) is 7.05 Å². The Kier molecular flexibility index (Phi) is 4.91. The Labute approximate surface area is 95.2 Å². The number of aryl methyl sites for hydroxylation is 1. The van der Waals surface area contributed by atoms with Gasteiger partial charge in [-0.2, -0.15) is 0 Å². The molecule has 1 rings (SSSR count). The predicted molar refractivity (Wildman–Crippen MR) is 60.4 cm³/mol. The molecule has 16 heavy (non-hydrogen) atoms. The highest BCUT2D eigenvalue weighted by Gasteiger charge is 2.12. The maximum absolute atomic E-state index is 11.6. The standard InChI is InChI=1S/C10H19N5O/c1-3-4-5-8(11)10(16)12-6-9-14-13-7-15(9)2/h7-8H,3-6,11H2,1-2H3,(H,12,16)/t8-/m0/s1. The molecule has 1 aromatic rings. The first-order valence-electron chi connectivity index (χ1n) is 5.51. The molecule has 0 aliphatic carbocycles. The summed E-state index contributed by atoms with van der Waals surface area (Å²) in [5.74, 6) is 0.590. The molecule has 0 saturated carbocycles. The summed E-state index contributed by atoms with van der Waals surface area (Å²) in [6.45, 7) is 2.44. The Balaban J connectivity index is 2.32. The lowest BCUT2D eigenvalue weighted by molar-refractivity contribution is -0.122. The van der Waals surface area contributed by atoms with Crippen LogP contribution in [0.15, 0.2) is 6.33 Å². The number of nitrogens with one attached hydrogen (secondary N) is 1. The Morgan fingerprint density at radius 1 is 1.69 bits per heavy atom. The Hall–Kier alpha value is -1.43. The number of amides is 1. The van der Waals surface area contributed by atoms with Gasteiger partial charge in [-0.1, -0.05) is 19.8 Å². The molecule has 0 aliphatic rings. The molecule has 1 aromatic heterocycles. The molecule has 6 nitrogen and oxygen atoms in total. The van der Waals surface area contributed by atoms with Crippen molar-refractivity contribution in [2.45, 2.75) is 38.8 Å². The van der Waals surface area contributed by atoms with E-state index in [0.29, 0.717) is 6.54 Å². The van der Waals surface area contributed by atoms with Crippen LogP contribution >= 0.6 is 0 Å². The predicted octanol–water partition coefficient (Wildman–Crippen LogP) is -0.0512. The van der Waals surface area contributed by atoms with Crippen LogP contribution in [-0.2, 0) is 18.4 Å². The average molecular weight is 225 g/mol. The molecule has 0 unspecified atom stereocenters. The van der Waals surface area contributed by atoms with Gasteiger partial charge in [-0.25, -0.2) is 0 Å². The van der Waals surface area contributed by atoms with Gasteiger partial charge in [0.2, 0.25) is 5.91 Å². The molecule has 0 radical (unpaired) electrons. The topological polar surface area (TPSA) is 85.8 Å². The fourth-order valence-electron chi connectivity index (χ4n) is 1.32. The number of aromatic nitrogens is 3. The first kappa shape index (κ1) is 12.6. The Morgan fingerprint density at radius 2 is 2.44 bits per heavy atom. The number of carbonyl (C=O) groups is 1. The monoisotopic (exact) mass is 225 g/mol. The summed E-state index contributed by atoms with van der Waals surface area (Å²) in [5.41, 5.74) is 5.73. The summed E-state index contributed by atoms with van der Waals surface area (Å²) < 4.78 is 1.76. The molecule has 0 bridgehead atoms. The molecule has 1 amide bonds. The average Bonchev–Trinajstić information content (AvgIpc) is 2.68. The van der Waals surface area contributed by atoms with Crippen molar-refractivity contribution in [1.29, 1.82) is 0 Å². The molecule has 6 heteroatoms. The lowest BCUT2D eigenvalue weighted by Crippen LogP contribution is -2.40. The van der Waals surface area contributed by atoms with Crippen LogP contribution < -0.4 is 11.1 Å². The van der Waals surface area contributed by atoms with Gasteiger partial charge < -0.3 is 15.6 Å². The lowest BCUT2D eigenvalue weighted by atomic mass is 10.1. The van der Waals surface area contributed by atoms with Crippen LogP contribution in [0.3, 0.4) is 0 Å². The summed E-state index contributed by atoms with van der Waals surface area (Å²) >= 11 is 0. The maximum atomic E-state index is 11.6. The van der Waals surface area contributed by atoms with Crippen molar-refractivity contribution < 1.29 is 4.79 Å². The summed E-state index contributed by atoms with van der Waals surface area (Å²) in [7, 11) is 1.83. The minimum absolute atomic E-state index is 0.128. The van der Waals surface area contributed by atoms with Gasteiger partial charge in [-0.05, 0) is 6.42 Å². The number of hydrogen-bond donors (Lipinski definition) is 2. The van der Waals surface area contributed by atoms with Crippen LogP contribution in [0.25, 0.3) is 0 Å². The van der Waals surface area contributed by atoms with E-state index < -0.39 is 6.04 Å². The van der Waals surface area contributed by atoms with Gasteiger partial charge in [0.15, 0.2) is 5.82 Å². The highest BCUT2D eigenvalue weighted by atomic mass is 16.2. The molecule has 0 spiro atoms. The highest BCUT2D eigenvalue weighted by molar-refractivity contribution is 5.81. The van der Waals surface area contributed by atoms with E-state index >= 15 is 0 Å². The number of nitrogens with zero attached hydrogens (tertiary/aromatic N) is 3. The fourth-order valence-corrected chi connectivity index (χ4v) is 1.32. The SMILES string of the molecule is CCCC[C@H](N)C(=O)NCc1nncn1C. The fraction of sp³-hybridized carbons (Fsp3) is 0.700. The van der Waals surface area contributed by atoms with Crippen LogP contribution in [0.5, 0.6) is 0 Å². The van der Waals surface area contributed by atoms with E-state index in [4.69, 9.17) is 5.73 Å². The van der Waals surface area contributed by atoms with Crippen LogP contribution in [0.4, 0.5) is 0 Å². The summed E-state index contributed by atoms with van der Waals surface area (Å²) in [6.07, 6.45) is 4.34. The number of rotatable bonds is 6. The van der Waals surface area contributed by atoms with E-state index in [9.17, 15) is 4.79 Å². The third kappa shape index (κ3) is 3.62. The second-order valence-corrected chi connectivity index (χ2v) is 3.82. The van der Waals surface area contributed by atoms with Crippen molar-refractivity contribution >= 4 is 5.91 Å². The van der Waals surface area contributed by atoms with Crippen LogP contribution in [0, 0.1) is 0 Å². The minimum atomic E-state index is -0.423. The molecule has 3 N–H and O–H groups in total. The van der Waals surface area contributed by atoms with E-state index in [-0.39, 0.29) is 5.91 Å². The third-order valence-corrected chi connectivity index (χ3v) is 2.43. The van der Waals surface area contributed by atoms with Gasteiger partial charge in [0.05, 0.1) is 12.6 Å². The zero-order chi connectivity index (χ0) is 12.0. The van der Waals surface area contributed by atoms with E-state index in [2.05, 4.69) is 22.4 Å². The van der Waals surface area contributed by atoms with E-state index in [1.54, 1.807) is 10.9 Å². The van der Waals surface area contributed by atoms with Gasteiger partial charge in [0, 0.05) is 7.05 Å². The van der Waals surface area contributed by atoms with Crippen LogP contribution in [-0.4, -0.2) is 26.7 Å². The number of nitrogens with two attached hydrogens (primary N) is 1. The van der Waals surface area contributed by atoms with Crippen molar-refractivity contribution in [1.82, 2.24) is 20.1 Å². The maximum Gasteiger partial charge on any atom is 0.237 e. The first-order valence-corrected chi connectivity index (χ1v) is 5.51. The molecular weight excluding hydrogens is 206 g/mol. The van der Waals surface area contributed by atoms with Gasteiger partial charge in [-0.15, -0.1) is 10.2 Å². The second kappa shape index (κ2) is 6.22. The van der Waals surface area contributed by atoms with Gasteiger partial charge in [-0.3, -0.25) is 4.79 Å². The minimum Gasteiger partial charge on any atom is -0.347 e. The highest BCUT2D eigenvalue weighted by Crippen LogP contribution is 1.98. The summed E-state index contributed by atoms with van der Waals surface area (Å²) in [4.78, 5) is 11.6. The quantitative estimate of drug-likeness (QED) is 0.710. The Bertz CT molecular complexity index is 336. The third-order valence-electron chi connectivity index (χ3n) is 2.43. The van der Waals surface area contributed by atoms with Crippen molar-refractivity contribution in [3.8, 4) is 0 Å². The van der Waals surface area contributed by atoms with E-state index in [0.717, 1.165) is 25.1 Å². The van der Waals surface area contributed by atoms with Crippen molar-refractivity contribution in [3.63, 3.8) is 0 Å². The number of hydrogen-bond acceptors (Lipinski definition) is 4. The van der Waals surface area contributed by atoms with Crippen molar-refractivity contribution in [2.24, 2.45) is 12.8 Å². The zero-order valence-electron chi connectivity index (χ0n) is 9.81. The summed E-state index contributed by atoms with van der Waals surface area (Å²) in [5, 5.41) is 10.3. The smallest absolute Gasteiger partial charge is 0.237 e. The number of carbonyl (C=O) groups excluding carboxylic acids is 1. The van der Waals surface area contributed by atoms with Crippen LogP contribution in [0.1, 0.15) is 32.0 Å². The largest absolute Gasteiger partial charge is 0.347 e. The molecule has 0 fully saturated rings. The molecule has 0 saturated heterocycles. The van der Waals surface area contributed by atoms with E-state index in [1.165, 1.54) is 0 Å². The van der Waals surface area contributed by atoms with Crippen molar-refractivity contribution in [3.05, 3.63) is 12.2 Å². The molecule has 1 heterocycles. The zero-order valence-corrected chi connectivity index (χ0v) is 9.81. The number of unbranched alkanes of at least 4 members (excludes halogenated alkanes) is 1. The molecular formula is C10H19N5O. The van der Waals surface area contributed by atoms with Gasteiger partial charge >= 0.3 is 0 Å². The van der Waals surface area contributed by atoms with Gasteiger partial charge in [0.1, 0.15) is 6.33 Å². The second-order valence-electron chi connectivity index (χ2n) is 3.82. The first-order chi connectivity index (χ1) is 7.65. The molecule has 0 aliphatic heterocycles. The Morgan fingerprint density at radius 3 is 3.00 bits per heavy atom. The molecule has 90 valence electrons. The molecule has 1 atom stereocenters. The molecule has 0 aromatic carbocycles. The lowest BCUT2D eigenvalue weighted by Gasteiger charge is -2.11. The summed E-state index contributed by atoms with van der Waals surface area (Å²) in [6, 6.07) is -0.423.